The number of ether oxygens (including phenoxy) is 1. The van der Waals surface area contributed by atoms with E-state index in [1.54, 1.807) is 12.1 Å². The molecule has 1 saturated carbocycles. The van der Waals surface area contributed by atoms with Crippen molar-refractivity contribution < 1.29 is 17.9 Å². The molecule has 0 unspecified atom stereocenters. The second-order valence-corrected chi connectivity index (χ2v) is 7.20. The maximum Gasteiger partial charge on any atom is 0.426 e. The Morgan fingerprint density at radius 1 is 0.923 bits per heavy atom. The smallest absolute Gasteiger partial charge is 0.426 e. The molecule has 0 amide bonds. The molecule has 0 aromatic heterocycles. The van der Waals surface area contributed by atoms with Crippen LogP contribution in [0.4, 0.5) is 13.2 Å². The van der Waals surface area contributed by atoms with Crippen molar-refractivity contribution in [3.63, 3.8) is 0 Å². The normalized spacial score (nSPS) is 20.8. The number of alkyl halides is 2. The quantitative estimate of drug-likeness (QED) is 0.536. The second kappa shape index (κ2) is 8.15. The summed E-state index contributed by atoms with van der Waals surface area (Å²) in [5.74, 6) is 0.737. The molecule has 3 rings (SSSR count). The minimum absolute atomic E-state index is 0.0604. The average molecular weight is 362 g/mol. The zero-order valence-corrected chi connectivity index (χ0v) is 15.1. The summed E-state index contributed by atoms with van der Waals surface area (Å²) in [7, 11) is 0. The highest BCUT2D eigenvalue weighted by molar-refractivity contribution is 5.29. The molecule has 0 N–H and O–H groups in total. The van der Waals surface area contributed by atoms with E-state index in [0.29, 0.717) is 5.92 Å². The Bertz CT molecular complexity index is 686. The third-order valence-corrected chi connectivity index (χ3v) is 5.32. The highest BCUT2D eigenvalue weighted by Gasteiger charge is 2.34. The van der Waals surface area contributed by atoms with Gasteiger partial charge >= 0.3 is 6.11 Å². The zero-order valence-electron chi connectivity index (χ0n) is 15.1. The van der Waals surface area contributed by atoms with E-state index in [1.165, 1.54) is 49.9 Å². The van der Waals surface area contributed by atoms with E-state index < -0.39 is 11.9 Å². The SMILES string of the molecule is CCC[C@H]1CC[C@H](c2ccc(C(F)(F)Oc3ccc(F)cc3)cc2)CC1. The predicted octanol–water partition coefficient (Wildman–Crippen LogP) is 7.03. The lowest BCUT2D eigenvalue weighted by molar-refractivity contribution is -0.185. The zero-order chi connectivity index (χ0) is 18.6. The predicted molar refractivity (Wildman–Crippen MR) is 97.0 cm³/mol. The van der Waals surface area contributed by atoms with Crippen LogP contribution in [0.25, 0.3) is 0 Å². The fourth-order valence-electron chi connectivity index (χ4n) is 3.85. The Hall–Kier alpha value is -1.97. The fourth-order valence-corrected chi connectivity index (χ4v) is 3.85. The van der Waals surface area contributed by atoms with Gasteiger partial charge in [-0.1, -0.05) is 31.9 Å². The molecule has 0 radical (unpaired) electrons. The molecule has 140 valence electrons. The van der Waals surface area contributed by atoms with Crippen molar-refractivity contribution in [3.05, 3.63) is 65.5 Å². The summed E-state index contributed by atoms with van der Waals surface area (Å²) in [5.41, 5.74) is 0.937. The maximum absolute atomic E-state index is 14.3. The molecule has 1 nitrogen and oxygen atoms in total. The summed E-state index contributed by atoms with van der Waals surface area (Å²) in [4.78, 5) is 0. The van der Waals surface area contributed by atoms with Crippen LogP contribution in [0.1, 0.15) is 62.5 Å². The van der Waals surface area contributed by atoms with Gasteiger partial charge in [0.1, 0.15) is 11.6 Å². The molecule has 0 aliphatic heterocycles. The van der Waals surface area contributed by atoms with Crippen molar-refractivity contribution in [2.75, 3.05) is 0 Å². The van der Waals surface area contributed by atoms with E-state index in [1.807, 2.05) is 0 Å². The van der Waals surface area contributed by atoms with Gasteiger partial charge in [0.15, 0.2) is 0 Å². The summed E-state index contributed by atoms with van der Waals surface area (Å²) in [6.07, 6.45) is 3.79. The van der Waals surface area contributed by atoms with Crippen LogP contribution in [-0.2, 0) is 6.11 Å². The second-order valence-electron chi connectivity index (χ2n) is 7.20. The van der Waals surface area contributed by atoms with E-state index in [2.05, 4.69) is 6.92 Å². The molecule has 0 saturated heterocycles. The Morgan fingerprint density at radius 3 is 2.12 bits per heavy atom. The average Bonchev–Trinajstić information content (AvgIpc) is 2.65. The van der Waals surface area contributed by atoms with Crippen LogP contribution in [0.15, 0.2) is 48.5 Å². The third kappa shape index (κ3) is 4.60. The first kappa shape index (κ1) is 18.8. The molecule has 2 aromatic rings. The van der Waals surface area contributed by atoms with E-state index >= 15 is 0 Å². The molecule has 0 bridgehead atoms. The highest BCUT2D eigenvalue weighted by Crippen LogP contribution is 2.38. The number of halogens is 3. The number of hydrogen-bond acceptors (Lipinski definition) is 1. The summed E-state index contributed by atoms with van der Waals surface area (Å²) in [5, 5.41) is 0. The van der Waals surface area contributed by atoms with Crippen LogP contribution in [0.5, 0.6) is 5.75 Å². The van der Waals surface area contributed by atoms with Crippen LogP contribution >= 0.6 is 0 Å². The minimum atomic E-state index is -3.45. The molecule has 26 heavy (non-hydrogen) atoms. The lowest BCUT2D eigenvalue weighted by atomic mass is 9.77. The van der Waals surface area contributed by atoms with Gasteiger partial charge in [-0.3, -0.25) is 0 Å². The lowest BCUT2D eigenvalue weighted by Gasteiger charge is -2.29. The molecule has 1 aliphatic carbocycles. The van der Waals surface area contributed by atoms with E-state index in [4.69, 9.17) is 4.74 Å². The summed E-state index contributed by atoms with van der Waals surface area (Å²) in [6, 6.07) is 11.1. The summed E-state index contributed by atoms with van der Waals surface area (Å²) < 4.78 is 46.3. The van der Waals surface area contributed by atoms with E-state index in [-0.39, 0.29) is 11.3 Å². The fraction of sp³-hybridized carbons (Fsp3) is 0.455. The van der Waals surface area contributed by atoms with Gasteiger partial charge in [0.05, 0.1) is 5.56 Å². The first-order valence-corrected chi connectivity index (χ1v) is 9.40. The molecule has 0 spiro atoms. The molecular weight excluding hydrogens is 337 g/mol. The number of hydrogen-bond donors (Lipinski definition) is 0. The first-order valence-electron chi connectivity index (χ1n) is 9.40. The number of benzene rings is 2. The van der Waals surface area contributed by atoms with Gasteiger partial charge in [-0.15, -0.1) is 0 Å². The highest BCUT2D eigenvalue weighted by atomic mass is 19.3. The molecule has 1 aliphatic rings. The van der Waals surface area contributed by atoms with Crippen molar-refractivity contribution in [1.82, 2.24) is 0 Å². The van der Waals surface area contributed by atoms with Gasteiger partial charge in [-0.2, -0.15) is 8.78 Å². The molecule has 2 aromatic carbocycles. The molecule has 0 heterocycles. The minimum Gasteiger partial charge on any atom is -0.429 e. The monoisotopic (exact) mass is 362 g/mol. The van der Waals surface area contributed by atoms with Crippen LogP contribution < -0.4 is 4.74 Å². The van der Waals surface area contributed by atoms with Crippen LogP contribution in [0.3, 0.4) is 0 Å². The van der Waals surface area contributed by atoms with Crippen molar-refractivity contribution in [3.8, 4) is 5.75 Å². The maximum atomic E-state index is 14.3. The largest absolute Gasteiger partial charge is 0.429 e. The van der Waals surface area contributed by atoms with E-state index in [0.717, 1.165) is 36.5 Å². The van der Waals surface area contributed by atoms with Crippen LogP contribution in [-0.4, -0.2) is 0 Å². The Balaban J connectivity index is 1.64. The van der Waals surface area contributed by atoms with Gasteiger partial charge in [0.2, 0.25) is 0 Å². The molecule has 1 fully saturated rings. The van der Waals surface area contributed by atoms with E-state index in [9.17, 15) is 13.2 Å². The molecule has 0 atom stereocenters. The van der Waals surface area contributed by atoms with Crippen LogP contribution in [0.2, 0.25) is 0 Å². The standard InChI is InChI=1S/C22H25F3O/c1-2-3-16-4-6-17(7-5-16)18-8-10-19(11-9-18)22(24,25)26-21-14-12-20(23)13-15-21/h8-17H,2-7H2,1H3/t16-,17-. The molecule has 4 heteroatoms. The Morgan fingerprint density at radius 2 is 1.54 bits per heavy atom. The van der Waals surface area contributed by atoms with Gasteiger partial charge in [0.25, 0.3) is 0 Å². The molecular formula is C22H25F3O. The number of rotatable bonds is 6. The van der Waals surface area contributed by atoms with Gasteiger partial charge in [-0.25, -0.2) is 4.39 Å². The summed E-state index contributed by atoms with van der Waals surface area (Å²) in [6.45, 7) is 2.22. The van der Waals surface area contributed by atoms with Gasteiger partial charge in [-0.05, 0) is 79.5 Å². The summed E-state index contributed by atoms with van der Waals surface area (Å²) >= 11 is 0. The van der Waals surface area contributed by atoms with Crippen molar-refractivity contribution in [2.24, 2.45) is 5.92 Å². The van der Waals surface area contributed by atoms with Crippen molar-refractivity contribution in [1.29, 1.82) is 0 Å². The topological polar surface area (TPSA) is 9.23 Å². The van der Waals surface area contributed by atoms with Crippen LogP contribution in [0, 0.1) is 11.7 Å². The van der Waals surface area contributed by atoms with Gasteiger partial charge < -0.3 is 4.74 Å². The lowest BCUT2D eigenvalue weighted by Crippen LogP contribution is -2.22. The Kier molecular flexibility index (Phi) is 5.90. The van der Waals surface area contributed by atoms with Gasteiger partial charge in [0, 0.05) is 0 Å². The third-order valence-electron chi connectivity index (χ3n) is 5.32. The first-order chi connectivity index (χ1) is 12.5. The Labute approximate surface area is 153 Å². The van der Waals surface area contributed by atoms with Crippen molar-refractivity contribution >= 4 is 0 Å². The van der Waals surface area contributed by atoms with Crippen molar-refractivity contribution in [2.45, 2.75) is 57.5 Å².